The fourth-order valence-corrected chi connectivity index (χ4v) is 3.27. The lowest BCUT2D eigenvalue weighted by atomic mass is 10.2. The molecule has 0 radical (unpaired) electrons. The van der Waals surface area contributed by atoms with E-state index in [4.69, 9.17) is 0 Å². The lowest BCUT2D eigenvalue weighted by Crippen LogP contribution is -2.36. The van der Waals surface area contributed by atoms with E-state index in [-0.39, 0.29) is 18.5 Å². The first-order valence-corrected chi connectivity index (χ1v) is 9.05. The molecule has 0 atom stereocenters. The molecular weight excluding hydrogens is 361 g/mol. The number of hydrogen-bond donors (Lipinski definition) is 1. The fourth-order valence-electron chi connectivity index (χ4n) is 2.70. The van der Waals surface area contributed by atoms with E-state index in [0.717, 1.165) is 0 Å². The number of nitrogens with one attached hydrogen (secondary N) is 1. The second kappa shape index (κ2) is 6.30. The van der Waals surface area contributed by atoms with Crippen molar-refractivity contribution in [2.75, 3.05) is 6.54 Å². The monoisotopic (exact) mass is 376 g/mol. The number of unbranched alkanes of at least 4 members (excludes halogenated alkanes) is 2. The SMILES string of the molecule is O=c1c2cccc3ncc(n1CCCCCNS(=O)(=O)C(F)(F)F)n32. The molecule has 0 aliphatic rings. The van der Waals surface area contributed by atoms with Gasteiger partial charge in [-0.05, 0) is 25.0 Å². The van der Waals surface area contributed by atoms with E-state index in [1.54, 1.807) is 33.4 Å². The largest absolute Gasteiger partial charge is 0.511 e. The molecule has 0 aromatic carbocycles. The van der Waals surface area contributed by atoms with Gasteiger partial charge < -0.3 is 0 Å². The maximum Gasteiger partial charge on any atom is 0.511 e. The van der Waals surface area contributed by atoms with E-state index in [9.17, 15) is 26.4 Å². The van der Waals surface area contributed by atoms with Crippen molar-refractivity contribution in [3.05, 3.63) is 34.7 Å². The third-order valence-electron chi connectivity index (χ3n) is 3.91. The number of hydrogen-bond acceptors (Lipinski definition) is 4. The highest BCUT2D eigenvalue weighted by Crippen LogP contribution is 2.21. The third kappa shape index (κ3) is 3.21. The number of alkyl halides is 3. The zero-order chi connectivity index (χ0) is 18.2. The first kappa shape index (κ1) is 17.7. The molecule has 3 rings (SSSR count). The highest BCUT2D eigenvalue weighted by Gasteiger charge is 2.45. The lowest BCUT2D eigenvalue weighted by molar-refractivity contribution is -0.0447. The van der Waals surface area contributed by atoms with Gasteiger partial charge >= 0.3 is 15.5 Å². The number of sulfonamides is 1. The molecule has 0 fully saturated rings. The van der Waals surface area contributed by atoms with Crippen LogP contribution in [-0.4, -0.2) is 34.4 Å². The lowest BCUT2D eigenvalue weighted by Gasteiger charge is -2.09. The summed E-state index contributed by atoms with van der Waals surface area (Å²) in [5.74, 6) is 0. The van der Waals surface area contributed by atoms with Crippen molar-refractivity contribution in [2.24, 2.45) is 0 Å². The number of imidazole rings is 2. The van der Waals surface area contributed by atoms with Crippen LogP contribution < -0.4 is 10.3 Å². The van der Waals surface area contributed by atoms with Crippen LogP contribution in [0.4, 0.5) is 13.2 Å². The molecule has 3 heterocycles. The summed E-state index contributed by atoms with van der Waals surface area (Å²) in [5, 5.41) is 0. The first-order valence-electron chi connectivity index (χ1n) is 7.56. The third-order valence-corrected chi connectivity index (χ3v) is 5.10. The van der Waals surface area contributed by atoms with Crippen molar-refractivity contribution in [3.63, 3.8) is 0 Å². The number of aryl methyl sites for hydroxylation is 1. The van der Waals surface area contributed by atoms with E-state index in [0.29, 0.717) is 36.2 Å². The van der Waals surface area contributed by atoms with Crippen molar-refractivity contribution in [3.8, 4) is 0 Å². The molecule has 3 aromatic heterocycles. The Morgan fingerprint density at radius 1 is 1.16 bits per heavy atom. The van der Waals surface area contributed by atoms with Gasteiger partial charge in [-0.1, -0.05) is 12.5 Å². The topological polar surface area (TPSA) is 85.5 Å². The molecule has 136 valence electrons. The molecule has 0 saturated heterocycles. The molecule has 0 spiro atoms. The number of pyridine rings is 1. The Labute approximate surface area is 140 Å². The summed E-state index contributed by atoms with van der Waals surface area (Å²) in [6, 6.07) is 5.23. The summed E-state index contributed by atoms with van der Waals surface area (Å²) in [7, 11) is -5.29. The van der Waals surface area contributed by atoms with Gasteiger partial charge in [0, 0.05) is 13.1 Å². The minimum Gasteiger partial charge on any atom is -0.291 e. The van der Waals surface area contributed by atoms with Crippen LogP contribution in [0, 0.1) is 0 Å². The number of aromatic nitrogens is 3. The quantitative estimate of drug-likeness (QED) is 0.636. The van der Waals surface area contributed by atoms with Gasteiger partial charge in [0.05, 0.1) is 6.20 Å². The predicted octanol–water partition coefficient (Wildman–Crippen LogP) is 1.70. The minimum atomic E-state index is -5.30. The summed E-state index contributed by atoms with van der Waals surface area (Å²) >= 11 is 0. The van der Waals surface area contributed by atoms with Crippen molar-refractivity contribution in [1.82, 2.24) is 18.7 Å². The van der Waals surface area contributed by atoms with Gasteiger partial charge in [-0.3, -0.25) is 13.8 Å². The van der Waals surface area contributed by atoms with Gasteiger partial charge in [-0.2, -0.15) is 13.2 Å². The average Bonchev–Trinajstić information content (AvgIpc) is 3.07. The molecule has 0 bridgehead atoms. The van der Waals surface area contributed by atoms with E-state index in [2.05, 4.69) is 4.98 Å². The molecule has 0 saturated carbocycles. The van der Waals surface area contributed by atoms with Gasteiger partial charge in [0.1, 0.15) is 16.8 Å². The predicted molar refractivity (Wildman–Crippen MR) is 85.0 cm³/mol. The molecule has 25 heavy (non-hydrogen) atoms. The standard InChI is InChI=1S/C14H15F3N4O3S/c15-14(16,17)25(23,24)19-7-2-1-3-8-20-12-9-18-11-6-4-5-10(13(20)22)21(11)12/h4-6,9,19H,1-3,7-8H2. The molecule has 0 amide bonds. The normalized spacial score (nSPS) is 13.2. The number of halogens is 3. The highest BCUT2D eigenvalue weighted by atomic mass is 32.2. The van der Waals surface area contributed by atoms with Crippen LogP contribution >= 0.6 is 0 Å². The van der Waals surface area contributed by atoms with E-state index in [1.165, 1.54) is 4.72 Å². The van der Waals surface area contributed by atoms with Crippen molar-refractivity contribution < 1.29 is 21.6 Å². The van der Waals surface area contributed by atoms with Crippen LogP contribution in [-0.2, 0) is 16.6 Å². The molecular formula is C14H15F3N4O3S. The minimum absolute atomic E-state index is 0.152. The maximum absolute atomic E-state index is 12.4. The van der Waals surface area contributed by atoms with Crippen molar-refractivity contribution in [1.29, 1.82) is 0 Å². The molecule has 3 aromatic rings. The van der Waals surface area contributed by atoms with Crippen LogP contribution in [0.5, 0.6) is 0 Å². The van der Waals surface area contributed by atoms with Crippen molar-refractivity contribution in [2.45, 2.75) is 31.3 Å². The summed E-state index contributed by atoms with van der Waals surface area (Å²) < 4.78 is 63.0. The van der Waals surface area contributed by atoms with Gasteiger partial charge in [0.25, 0.3) is 5.56 Å². The molecule has 0 aliphatic heterocycles. The smallest absolute Gasteiger partial charge is 0.291 e. The van der Waals surface area contributed by atoms with E-state index < -0.39 is 15.5 Å². The fraction of sp³-hybridized carbons (Fsp3) is 0.429. The Bertz CT molecular complexity index is 1040. The molecule has 11 heteroatoms. The molecule has 7 nitrogen and oxygen atoms in total. The summed E-state index contributed by atoms with van der Waals surface area (Å²) in [4.78, 5) is 16.6. The molecule has 0 aliphatic carbocycles. The van der Waals surface area contributed by atoms with E-state index in [1.807, 2.05) is 0 Å². The van der Waals surface area contributed by atoms with Crippen LogP contribution in [0.25, 0.3) is 16.8 Å². The second-order valence-electron chi connectivity index (χ2n) is 5.58. The van der Waals surface area contributed by atoms with Crippen LogP contribution in [0.3, 0.4) is 0 Å². The average molecular weight is 376 g/mol. The van der Waals surface area contributed by atoms with Gasteiger partial charge in [0.2, 0.25) is 0 Å². The maximum atomic E-state index is 12.4. The Balaban J connectivity index is 1.56. The van der Waals surface area contributed by atoms with Crippen LogP contribution in [0.15, 0.2) is 29.2 Å². The van der Waals surface area contributed by atoms with E-state index >= 15 is 0 Å². The van der Waals surface area contributed by atoms with Crippen molar-refractivity contribution >= 4 is 26.8 Å². The Morgan fingerprint density at radius 2 is 1.92 bits per heavy atom. The highest BCUT2D eigenvalue weighted by molar-refractivity contribution is 7.90. The molecule has 1 N–H and O–H groups in total. The van der Waals surface area contributed by atoms with Gasteiger partial charge in [0.15, 0.2) is 0 Å². The first-order chi connectivity index (χ1) is 11.7. The number of rotatable bonds is 7. The Morgan fingerprint density at radius 3 is 2.64 bits per heavy atom. The van der Waals surface area contributed by atoms with Gasteiger partial charge in [-0.25, -0.2) is 18.1 Å². The Kier molecular flexibility index (Phi) is 4.45. The zero-order valence-corrected chi connectivity index (χ0v) is 13.8. The van der Waals surface area contributed by atoms with Crippen LogP contribution in [0.1, 0.15) is 19.3 Å². The van der Waals surface area contributed by atoms with Gasteiger partial charge in [-0.15, -0.1) is 0 Å². The Hall–Kier alpha value is -2.14. The zero-order valence-electron chi connectivity index (χ0n) is 13.0. The number of nitrogens with zero attached hydrogens (tertiary/aromatic N) is 3. The summed E-state index contributed by atoms with van der Waals surface area (Å²) in [6.45, 7) is 0.0836. The summed E-state index contributed by atoms with van der Waals surface area (Å²) in [6.07, 6.45) is 2.84. The second-order valence-corrected chi connectivity index (χ2v) is 7.34. The van der Waals surface area contributed by atoms with Crippen LogP contribution in [0.2, 0.25) is 0 Å². The molecule has 0 unspecified atom stereocenters. The summed E-state index contributed by atoms with van der Waals surface area (Å²) in [5.41, 5.74) is -3.60.